The molecule has 198 valence electrons. The predicted molar refractivity (Wildman–Crippen MR) is 146 cm³/mol. The van der Waals surface area contributed by atoms with Gasteiger partial charge in [-0.25, -0.2) is 9.50 Å². The first kappa shape index (κ1) is 26.1. The highest BCUT2D eigenvalue weighted by molar-refractivity contribution is 6.31. The third-order valence-corrected chi connectivity index (χ3v) is 7.44. The number of ether oxygens (including phenoxy) is 2. The van der Waals surface area contributed by atoms with Crippen molar-refractivity contribution < 1.29 is 14.3 Å². The van der Waals surface area contributed by atoms with Gasteiger partial charge in [0.05, 0.1) is 19.8 Å². The molecular formula is C29H32ClN5O3. The maximum atomic E-state index is 12.2. The molecule has 38 heavy (non-hydrogen) atoms. The molecule has 8 nitrogen and oxygen atoms in total. The van der Waals surface area contributed by atoms with Crippen molar-refractivity contribution in [3.8, 4) is 11.5 Å². The molecule has 0 N–H and O–H groups in total. The minimum atomic E-state index is -0.0799. The summed E-state index contributed by atoms with van der Waals surface area (Å²) in [6, 6.07) is 10.3. The van der Waals surface area contributed by atoms with Gasteiger partial charge in [-0.15, -0.1) is 0 Å². The van der Waals surface area contributed by atoms with Crippen molar-refractivity contribution >= 4 is 23.2 Å². The summed E-state index contributed by atoms with van der Waals surface area (Å²) in [6.45, 7) is 5.91. The first-order chi connectivity index (χ1) is 18.5. The zero-order valence-electron chi connectivity index (χ0n) is 22.0. The van der Waals surface area contributed by atoms with Gasteiger partial charge in [0.25, 0.3) is 5.78 Å². The lowest BCUT2D eigenvalue weighted by Crippen LogP contribution is -2.37. The molecule has 0 bridgehead atoms. The van der Waals surface area contributed by atoms with Gasteiger partial charge in [0, 0.05) is 49.8 Å². The van der Waals surface area contributed by atoms with Crippen LogP contribution in [0.1, 0.15) is 53.6 Å². The van der Waals surface area contributed by atoms with Crippen LogP contribution >= 0.6 is 11.6 Å². The maximum Gasteiger partial charge on any atom is 0.252 e. The van der Waals surface area contributed by atoms with Crippen LogP contribution in [-0.2, 0) is 17.6 Å². The summed E-state index contributed by atoms with van der Waals surface area (Å²) < 4.78 is 13.6. The first-order valence-electron chi connectivity index (χ1n) is 13.0. The number of aromatic nitrogens is 4. The van der Waals surface area contributed by atoms with E-state index in [0.29, 0.717) is 49.7 Å². The van der Waals surface area contributed by atoms with E-state index in [1.807, 2.05) is 26.1 Å². The van der Waals surface area contributed by atoms with E-state index >= 15 is 0 Å². The number of rotatable bonds is 10. The van der Waals surface area contributed by atoms with E-state index in [1.54, 1.807) is 17.8 Å². The molecule has 9 heteroatoms. The number of fused-ring (bicyclic) bond motifs is 2. The topological polar surface area (TPSA) is 81.9 Å². The van der Waals surface area contributed by atoms with E-state index in [4.69, 9.17) is 21.1 Å². The lowest BCUT2D eigenvalue weighted by molar-refractivity contribution is -0.119. The molecule has 0 amide bonds. The second-order valence-corrected chi connectivity index (χ2v) is 10.0. The van der Waals surface area contributed by atoms with Crippen molar-refractivity contribution in [2.45, 2.75) is 45.6 Å². The molecule has 1 aliphatic heterocycles. The van der Waals surface area contributed by atoms with Crippen LogP contribution in [-0.4, -0.2) is 57.1 Å². The van der Waals surface area contributed by atoms with Crippen molar-refractivity contribution in [2.24, 2.45) is 0 Å². The van der Waals surface area contributed by atoms with Crippen LogP contribution in [0.3, 0.4) is 0 Å². The number of nitrogens with zero attached hydrogens (tertiary/aromatic N) is 5. The quantitative estimate of drug-likeness (QED) is 0.282. The van der Waals surface area contributed by atoms with Crippen LogP contribution < -0.4 is 9.47 Å². The largest absolute Gasteiger partial charge is 0.493 e. The summed E-state index contributed by atoms with van der Waals surface area (Å²) >= 11 is 6.80. The lowest BCUT2D eigenvalue weighted by Gasteiger charge is -2.38. The van der Waals surface area contributed by atoms with E-state index < -0.39 is 0 Å². The number of hydrogen-bond donors (Lipinski definition) is 0. The highest BCUT2D eigenvalue weighted by Gasteiger charge is 2.32. The van der Waals surface area contributed by atoms with Gasteiger partial charge >= 0.3 is 0 Å². The third kappa shape index (κ3) is 5.51. The average Bonchev–Trinajstić information content (AvgIpc) is 3.39. The van der Waals surface area contributed by atoms with Crippen molar-refractivity contribution in [3.63, 3.8) is 0 Å². The van der Waals surface area contributed by atoms with Crippen LogP contribution in [0.5, 0.6) is 11.5 Å². The van der Waals surface area contributed by atoms with Crippen LogP contribution in [0.4, 0.5) is 0 Å². The summed E-state index contributed by atoms with van der Waals surface area (Å²) in [7, 11) is 1.66. The first-order valence-corrected chi connectivity index (χ1v) is 13.3. The van der Waals surface area contributed by atoms with Crippen LogP contribution in [0.2, 0.25) is 5.02 Å². The summed E-state index contributed by atoms with van der Waals surface area (Å²) in [5, 5.41) is 4.88. The summed E-state index contributed by atoms with van der Waals surface area (Å²) in [6.07, 6.45) is 7.77. The molecule has 0 aliphatic carbocycles. The van der Waals surface area contributed by atoms with Gasteiger partial charge in [0.15, 0.2) is 11.5 Å². The Hall–Kier alpha value is -3.49. The van der Waals surface area contributed by atoms with E-state index in [9.17, 15) is 4.79 Å². The molecule has 4 aromatic rings. The number of halogens is 1. The Balaban J connectivity index is 1.44. The smallest absolute Gasteiger partial charge is 0.252 e. The van der Waals surface area contributed by atoms with Crippen molar-refractivity contribution in [3.05, 3.63) is 81.9 Å². The Morgan fingerprint density at radius 2 is 2.03 bits per heavy atom. The predicted octanol–water partition coefficient (Wildman–Crippen LogP) is 5.03. The molecule has 0 saturated heterocycles. The molecular weight excluding hydrogens is 502 g/mol. The van der Waals surface area contributed by atoms with Gasteiger partial charge in [-0.2, -0.15) is 10.1 Å². The average molecular weight is 534 g/mol. The molecule has 1 aliphatic rings. The second kappa shape index (κ2) is 11.5. The standard InChI is InChI=1S/C29H32ClN5O3/c1-4-22(36)8-11-34-10-7-21-14-26(37-3)27(15-24(21)28(34)23-6-5-19(2)13-25(23)30)38-12-9-20-16-31-29-32-18-33-35(29)17-20/h5-6,13-18,28H,4,7-12H2,1-3H3. The number of methoxy groups -OCH3 is 1. The number of aryl methyl sites for hydroxylation is 1. The Morgan fingerprint density at radius 1 is 1.16 bits per heavy atom. The van der Waals surface area contributed by atoms with E-state index in [-0.39, 0.29) is 11.8 Å². The fourth-order valence-electron chi connectivity index (χ4n) is 5.02. The molecule has 0 fully saturated rings. The minimum absolute atomic E-state index is 0.0799. The number of benzene rings is 2. The molecule has 2 aromatic carbocycles. The highest BCUT2D eigenvalue weighted by Crippen LogP contribution is 2.43. The fraction of sp³-hybridized carbons (Fsp3) is 0.379. The Morgan fingerprint density at radius 3 is 2.82 bits per heavy atom. The molecule has 2 aromatic heterocycles. The molecule has 5 rings (SSSR count). The van der Waals surface area contributed by atoms with Gasteiger partial charge in [-0.05, 0) is 59.4 Å². The maximum absolute atomic E-state index is 12.2. The summed E-state index contributed by atoms with van der Waals surface area (Å²) in [5.41, 5.74) is 5.48. The highest BCUT2D eigenvalue weighted by atomic mass is 35.5. The summed E-state index contributed by atoms with van der Waals surface area (Å²) in [4.78, 5) is 23.0. The van der Waals surface area contributed by atoms with Crippen molar-refractivity contribution in [2.75, 3.05) is 26.8 Å². The summed E-state index contributed by atoms with van der Waals surface area (Å²) in [5.74, 6) is 2.22. The number of carbonyl (C=O) groups is 1. The molecule has 1 atom stereocenters. The monoisotopic (exact) mass is 533 g/mol. The van der Waals surface area contributed by atoms with E-state index in [2.05, 4.69) is 44.2 Å². The SMILES string of the molecule is CCC(=O)CCN1CCc2cc(OC)c(OCCc3cnc4ncnn4c3)cc2C1c1ccc(C)cc1Cl. The fourth-order valence-corrected chi connectivity index (χ4v) is 5.36. The van der Waals surface area contributed by atoms with Crippen LogP contribution in [0.15, 0.2) is 49.1 Å². The zero-order chi connectivity index (χ0) is 26.6. The van der Waals surface area contributed by atoms with Gasteiger partial charge < -0.3 is 9.47 Å². The van der Waals surface area contributed by atoms with Gasteiger partial charge in [-0.3, -0.25) is 9.69 Å². The number of Topliss-reactive ketones (excluding diaryl/α,β-unsaturated/α-hetero) is 1. The van der Waals surface area contributed by atoms with E-state index in [0.717, 1.165) is 40.2 Å². The third-order valence-electron chi connectivity index (χ3n) is 7.11. The normalized spacial score (nSPS) is 15.4. The molecule has 1 unspecified atom stereocenters. The number of hydrogen-bond acceptors (Lipinski definition) is 7. The van der Waals surface area contributed by atoms with Crippen LogP contribution in [0.25, 0.3) is 5.78 Å². The second-order valence-electron chi connectivity index (χ2n) is 9.62. The Labute approximate surface area is 227 Å². The van der Waals surface area contributed by atoms with Gasteiger partial charge in [0.2, 0.25) is 0 Å². The Bertz CT molecular complexity index is 1450. The van der Waals surface area contributed by atoms with Crippen molar-refractivity contribution in [1.82, 2.24) is 24.5 Å². The van der Waals surface area contributed by atoms with Crippen molar-refractivity contribution in [1.29, 1.82) is 0 Å². The van der Waals surface area contributed by atoms with E-state index in [1.165, 1.54) is 11.9 Å². The zero-order valence-corrected chi connectivity index (χ0v) is 22.7. The molecule has 0 saturated carbocycles. The number of ketones is 1. The molecule has 0 spiro atoms. The Kier molecular flexibility index (Phi) is 7.90. The minimum Gasteiger partial charge on any atom is -0.493 e. The molecule has 0 radical (unpaired) electrons. The number of carbonyl (C=O) groups excluding carboxylic acids is 1. The van der Waals surface area contributed by atoms with Gasteiger partial charge in [0.1, 0.15) is 12.1 Å². The lowest BCUT2D eigenvalue weighted by atomic mass is 9.87. The van der Waals surface area contributed by atoms with Crippen LogP contribution in [0, 0.1) is 6.92 Å². The van der Waals surface area contributed by atoms with Gasteiger partial charge in [-0.1, -0.05) is 30.7 Å². The molecule has 3 heterocycles.